The number of aryl methyl sites for hydroxylation is 2. The summed E-state index contributed by atoms with van der Waals surface area (Å²) >= 11 is 0. The number of carbonyl (C=O) groups excluding carboxylic acids is 1. The molecule has 0 saturated heterocycles. The van der Waals surface area contributed by atoms with E-state index in [9.17, 15) is 14.0 Å². The average molecular weight is 419 g/mol. The van der Waals surface area contributed by atoms with Crippen LogP contribution >= 0.6 is 0 Å². The lowest BCUT2D eigenvalue weighted by molar-refractivity contribution is -0.121. The van der Waals surface area contributed by atoms with Gasteiger partial charge in [0.25, 0.3) is 0 Å². The number of carbonyl (C=O) groups is 1. The Bertz CT molecular complexity index is 1280. The highest BCUT2D eigenvalue weighted by atomic mass is 19.1. The van der Waals surface area contributed by atoms with Crippen LogP contribution in [0.25, 0.3) is 11.3 Å². The molecule has 0 aliphatic carbocycles. The summed E-state index contributed by atoms with van der Waals surface area (Å²) in [4.78, 5) is 24.9. The van der Waals surface area contributed by atoms with Crippen molar-refractivity contribution in [1.29, 1.82) is 0 Å². The largest absolute Gasteiger partial charge is 0.352 e. The molecule has 1 N–H and O–H groups in total. The van der Waals surface area contributed by atoms with E-state index in [4.69, 9.17) is 0 Å². The third-order valence-corrected chi connectivity index (χ3v) is 5.04. The van der Waals surface area contributed by atoms with Crippen molar-refractivity contribution in [3.63, 3.8) is 0 Å². The third kappa shape index (κ3) is 4.69. The Balaban J connectivity index is 1.38. The van der Waals surface area contributed by atoms with Crippen molar-refractivity contribution in [3.05, 3.63) is 94.0 Å². The number of hydrogen-bond acceptors (Lipinski definition) is 4. The lowest BCUT2D eigenvalue weighted by Gasteiger charge is -2.07. The highest BCUT2D eigenvalue weighted by molar-refractivity contribution is 5.75. The fourth-order valence-corrected chi connectivity index (χ4v) is 3.34. The Morgan fingerprint density at radius 1 is 1.10 bits per heavy atom. The summed E-state index contributed by atoms with van der Waals surface area (Å²) in [5.41, 5.74) is 2.42. The molecule has 0 spiro atoms. The standard InChI is InChI=1S/C23H22FN5O2/c1-16-8-10-17(11-9-16)15-25-21(30)7-3-6-20-26-27-22-23(31)28(12-13-29(20)22)19-5-2-4-18(24)14-19/h2,4-5,8-14H,3,6-7,15H2,1H3,(H,25,30). The maximum atomic E-state index is 13.5. The molecule has 2 heterocycles. The summed E-state index contributed by atoms with van der Waals surface area (Å²) in [6.07, 6.45) is 4.66. The summed E-state index contributed by atoms with van der Waals surface area (Å²) in [6, 6.07) is 13.8. The number of aromatic nitrogens is 4. The molecule has 31 heavy (non-hydrogen) atoms. The third-order valence-electron chi connectivity index (χ3n) is 5.04. The Hall–Kier alpha value is -3.81. The fourth-order valence-electron chi connectivity index (χ4n) is 3.34. The van der Waals surface area contributed by atoms with E-state index in [0.717, 1.165) is 5.56 Å². The molecule has 0 atom stereocenters. The number of fused-ring (bicyclic) bond motifs is 1. The molecule has 7 nitrogen and oxygen atoms in total. The number of rotatable bonds is 7. The van der Waals surface area contributed by atoms with Gasteiger partial charge in [-0.15, -0.1) is 10.2 Å². The maximum absolute atomic E-state index is 13.5. The van der Waals surface area contributed by atoms with Gasteiger partial charge in [0.05, 0.1) is 5.69 Å². The van der Waals surface area contributed by atoms with Gasteiger partial charge in [-0.25, -0.2) is 4.39 Å². The predicted molar refractivity (Wildman–Crippen MR) is 115 cm³/mol. The SMILES string of the molecule is Cc1ccc(CNC(=O)CCCc2nnc3c(=O)n(-c4cccc(F)c4)ccn23)cc1. The molecule has 2 aromatic carbocycles. The van der Waals surface area contributed by atoms with E-state index in [2.05, 4.69) is 15.5 Å². The quantitative estimate of drug-likeness (QED) is 0.499. The Kier molecular flexibility index (Phi) is 5.88. The van der Waals surface area contributed by atoms with Crippen LogP contribution in [-0.2, 0) is 17.8 Å². The van der Waals surface area contributed by atoms with Crippen molar-refractivity contribution < 1.29 is 9.18 Å². The average Bonchev–Trinajstić information content (AvgIpc) is 3.17. The molecule has 1 amide bonds. The predicted octanol–water partition coefficient (Wildman–Crippen LogP) is 2.97. The Morgan fingerprint density at radius 2 is 1.90 bits per heavy atom. The molecule has 4 rings (SSSR count). The minimum atomic E-state index is -0.424. The smallest absolute Gasteiger partial charge is 0.300 e. The molecule has 158 valence electrons. The van der Waals surface area contributed by atoms with Gasteiger partial charge in [-0.3, -0.25) is 18.6 Å². The van der Waals surface area contributed by atoms with E-state index < -0.39 is 5.82 Å². The summed E-state index contributed by atoms with van der Waals surface area (Å²) in [5, 5.41) is 11.0. The van der Waals surface area contributed by atoms with E-state index in [1.54, 1.807) is 28.9 Å². The number of benzene rings is 2. The van der Waals surface area contributed by atoms with E-state index in [1.165, 1.54) is 22.3 Å². The molecular formula is C23H22FN5O2. The zero-order valence-electron chi connectivity index (χ0n) is 17.1. The first-order valence-corrected chi connectivity index (χ1v) is 10.0. The van der Waals surface area contributed by atoms with Crippen LogP contribution in [0.1, 0.15) is 29.8 Å². The Labute approximate surface area is 178 Å². The van der Waals surface area contributed by atoms with E-state index >= 15 is 0 Å². The van der Waals surface area contributed by atoms with Gasteiger partial charge in [0.15, 0.2) is 0 Å². The molecule has 8 heteroatoms. The van der Waals surface area contributed by atoms with Gasteiger partial charge < -0.3 is 5.32 Å². The number of nitrogens with one attached hydrogen (secondary N) is 1. The Morgan fingerprint density at radius 3 is 2.68 bits per heavy atom. The topological polar surface area (TPSA) is 81.3 Å². The van der Waals surface area contributed by atoms with E-state index in [-0.39, 0.29) is 17.1 Å². The molecule has 0 radical (unpaired) electrons. The maximum Gasteiger partial charge on any atom is 0.300 e. The van der Waals surface area contributed by atoms with Crippen LogP contribution in [0.3, 0.4) is 0 Å². The van der Waals surface area contributed by atoms with E-state index in [1.807, 2.05) is 31.2 Å². The van der Waals surface area contributed by atoms with Crippen LogP contribution in [0.5, 0.6) is 0 Å². The summed E-state index contributed by atoms with van der Waals surface area (Å²) in [6.45, 7) is 2.51. The number of amides is 1. The van der Waals surface area contributed by atoms with Crippen LogP contribution in [0.2, 0.25) is 0 Å². The van der Waals surface area contributed by atoms with Gasteiger partial charge in [0, 0.05) is 31.8 Å². The van der Waals surface area contributed by atoms with Crippen molar-refractivity contribution in [2.45, 2.75) is 32.7 Å². The summed E-state index contributed by atoms with van der Waals surface area (Å²) in [5.74, 6) is 0.139. The van der Waals surface area contributed by atoms with Crippen LogP contribution in [-0.4, -0.2) is 25.1 Å². The molecule has 4 aromatic rings. The van der Waals surface area contributed by atoms with Gasteiger partial charge in [0.2, 0.25) is 11.6 Å². The van der Waals surface area contributed by atoms with Crippen LogP contribution in [0.15, 0.2) is 65.7 Å². The molecule has 2 aromatic heterocycles. The summed E-state index contributed by atoms with van der Waals surface area (Å²) < 4.78 is 16.4. The summed E-state index contributed by atoms with van der Waals surface area (Å²) in [7, 11) is 0. The normalized spacial score (nSPS) is 11.0. The first-order chi connectivity index (χ1) is 15.0. The molecule has 0 aliphatic heterocycles. The van der Waals surface area contributed by atoms with Crippen LogP contribution in [0, 0.1) is 12.7 Å². The van der Waals surface area contributed by atoms with Crippen molar-refractivity contribution in [2.24, 2.45) is 0 Å². The molecule has 0 unspecified atom stereocenters. The van der Waals surface area contributed by atoms with Gasteiger partial charge in [-0.2, -0.15) is 0 Å². The number of halogens is 1. The molecule has 0 aliphatic rings. The number of hydrogen-bond donors (Lipinski definition) is 1. The second-order valence-electron chi connectivity index (χ2n) is 7.38. The van der Waals surface area contributed by atoms with Crippen molar-refractivity contribution in [1.82, 2.24) is 24.5 Å². The van der Waals surface area contributed by atoms with Crippen LogP contribution in [0.4, 0.5) is 4.39 Å². The van der Waals surface area contributed by atoms with Gasteiger partial charge in [-0.1, -0.05) is 35.9 Å². The highest BCUT2D eigenvalue weighted by Crippen LogP contribution is 2.10. The first kappa shape index (κ1) is 20.5. The van der Waals surface area contributed by atoms with Crippen molar-refractivity contribution in [3.8, 4) is 5.69 Å². The monoisotopic (exact) mass is 419 g/mol. The second kappa shape index (κ2) is 8.91. The molecular weight excluding hydrogens is 397 g/mol. The second-order valence-corrected chi connectivity index (χ2v) is 7.38. The van der Waals surface area contributed by atoms with Gasteiger partial charge >= 0.3 is 5.56 Å². The van der Waals surface area contributed by atoms with Crippen LogP contribution < -0.4 is 10.9 Å². The minimum Gasteiger partial charge on any atom is -0.352 e. The lowest BCUT2D eigenvalue weighted by Crippen LogP contribution is -2.22. The van der Waals surface area contributed by atoms with Crippen molar-refractivity contribution >= 4 is 11.6 Å². The van der Waals surface area contributed by atoms with E-state index in [0.29, 0.717) is 37.3 Å². The first-order valence-electron chi connectivity index (χ1n) is 10.0. The van der Waals surface area contributed by atoms with Crippen molar-refractivity contribution in [2.75, 3.05) is 0 Å². The van der Waals surface area contributed by atoms with Gasteiger partial charge in [0.1, 0.15) is 11.6 Å². The molecule has 0 fully saturated rings. The molecule has 0 bridgehead atoms. The highest BCUT2D eigenvalue weighted by Gasteiger charge is 2.12. The lowest BCUT2D eigenvalue weighted by atomic mass is 10.1. The zero-order chi connectivity index (χ0) is 21.8. The number of nitrogens with zero attached hydrogens (tertiary/aromatic N) is 4. The minimum absolute atomic E-state index is 0.0390. The molecule has 0 saturated carbocycles. The van der Waals surface area contributed by atoms with Gasteiger partial charge in [-0.05, 0) is 37.1 Å². The zero-order valence-corrected chi connectivity index (χ0v) is 17.1. The fraction of sp³-hybridized carbons (Fsp3) is 0.217.